The number of aliphatic carboxylic acids is 1. The molecule has 0 aliphatic carbocycles. The van der Waals surface area contributed by atoms with E-state index in [-0.39, 0.29) is 17.9 Å². The van der Waals surface area contributed by atoms with Gasteiger partial charge in [0.1, 0.15) is 0 Å². The van der Waals surface area contributed by atoms with Crippen molar-refractivity contribution in [2.24, 2.45) is 0 Å². The average Bonchev–Trinajstić information content (AvgIpc) is 2.68. The third kappa shape index (κ3) is 8.58. The molecular weight excluding hydrogens is 427 g/mol. The maximum absolute atomic E-state index is 12.6. The second-order valence-electron chi connectivity index (χ2n) is 6.78. The molecule has 168 valence electrons. The van der Waals surface area contributed by atoms with E-state index in [0.717, 1.165) is 26.2 Å². The Kier molecular flexibility index (Phi) is 10.1. The minimum atomic E-state index is -5.08. The van der Waals surface area contributed by atoms with Crippen LogP contribution in [-0.2, 0) is 9.59 Å². The predicted molar refractivity (Wildman–Crippen MR) is 105 cm³/mol. The molecule has 0 aromatic heterocycles. The summed E-state index contributed by atoms with van der Waals surface area (Å²) in [7, 11) is 0. The maximum Gasteiger partial charge on any atom is 0.490 e. The molecule has 1 aliphatic rings. The Morgan fingerprint density at radius 3 is 2.10 bits per heavy atom. The van der Waals surface area contributed by atoms with Gasteiger partial charge in [-0.15, -0.1) is 0 Å². The van der Waals surface area contributed by atoms with Gasteiger partial charge < -0.3 is 20.2 Å². The van der Waals surface area contributed by atoms with Crippen molar-refractivity contribution in [1.82, 2.24) is 15.1 Å². The van der Waals surface area contributed by atoms with Gasteiger partial charge in [-0.25, -0.2) is 4.79 Å². The standard InChI is InChI=1S/C17H24ClN3O2.C2HF3O2/c1-13(2)21(17(23)14-3-5-15(18)6-4-14)10-7-16(22)20-11-8-19-9-12-20;3-2(4,5)1(6)7/h3-6,13,19H,7-12H2,1-2H3;(H,6,7). The molecule has 2 amide bonds. The molecule has 2 rings (SSSR count). The van der Waals surface area contributed by atoms with E-state index in [1.165, 1.54) is 0 Å². The number of benzene rings is 1. The van der Waals surface area contributed by atoms with Gasteiger partial charge in [-0.3, -0.25) is 9.59 Å². The number of carboxylic acid groups (broad SMARTS) is 1. The van der Waals surface area contributed by atoms with Gasteiger partial charge in [0.15, 0.2) is 0 Å². The zero-order chi connectivity index (χ0) is 22.9. The van der Waals surface area contributed by atoms with Crippen LogP contribution in [0.4, 0.5) is 13.2 Å². The summed E-state index contributed by atoms with van der Waals surface area (Å²) < 4.78 is 31.7. The van der Waals surface area contributed by atoms with Crippen molar-refractivity contribution in [3.8, 4) is 0 Å². The molecule has 1 aliphatic heterocycles. The molecule has 0 spiro atoms. The lowest BCUT2D eigenvalue weighted by atomic mass is 10.1. The summed E-state index contributed by atoms with van der Waals surface area (Å²) in [6.07, 6.45) is -4.72. The third-order valence-electron chi connectivity index (χ3n) is 4.25. The molecule has 30 heavy (non-hydrogen) atoms. The molecule has 1 fully saturated rings. The van der Waals surface area contributed by atoms with Gasteiger partial charge in [0.2, 0.25) is 5.91 Å². The van der Waals surface area contributed by atoms with Gasteiger partial charge in [-0.1, -0.05) is 11.6 Å². The molecule has 1 saturated heterocycles. The number of piperazine rings is 1. The van der Waals surface area contributed by atoms with Crippen LogP contribution in [-0.4, -0.2) is 77.6 Å². The summed E-state index contributed by atoms with van der Waals surface area (Å²) in [5.41, 5.74) is 0.595. The average molecular weight is 452 g/mol. The number of carbonyl (C=O) groups excluding carboxylic acids is 2. The number of carboxylic acids is 1. The minimum Gasteiger partial charge on any atom is -0.475 e. The van der Waals surface area contributed by atoms with Gasteiger partial charge in [0, 0.05) is 55.8 Å². The second-order valence-corrected chi connectivity index (χ2v) is 7.22. The van der Waals surface area contributed by atoms with Crippen molar-refractivity contribution in [2.75, 3.05) is 32.7 Å². The summed E-state index contributed by atoms with van der Waals surface area (Å²) in [5.74, 6) is -2.71. The zero-order valence-corrected chi connectivity index (χ0v) is 17.5. The first kappa shape index (κ1) is 25.7. The van der Waals surface area contributed by atoms with Crippen LogP contribution in [0.1, 0.15) is 30.6 Å². The molecule has 11 heteroatoms. The van der Waals surface area contributed by atoms with Crippen molar-refractivity contribution >= 4 is 29.4 Å². The predicted octanol–water partition coefficient (Wildman–Crippen LogP) is 2.65. The third-order valence-corrected chi connectivity index (χ3v) is 4.51. The van der Waals surface area contributed by atoms with Crippen LogP contribution in [0.3, 0.4) is 0 Å². The number of rotatable bonds is 5. The van der Waals surface area contributed by atoms with Crippen molar-refractivity contribution in [1.29, 1.82) is 0 Å². The Balaban J connectivity index is 0.000000553. The molecule has 1 aromatic rings. The van der Waals surface area contributed by atoms with Crippen LogP contribution in [0.15, 0.2) is 24.3 Å². The smallest absolute Gasteiger partial charge is 0.475 e. The van der Waals surface area contributed by atoms with E-state index in [1.807, 2.05) is 18.7 Å². The Morgan fingerprint density at radius 1 is 1.17 bits per heavy atom. The topological polar surface area (TPSA) is 90.0 Å². The molecule has 0 saturated carbocycles. The van der Waals surface area contributed by atoms with Crippen LogP contribution < -0.4 is 5.32 Å². The SMILES string of the molecule is CC(C)N(CCC(=O)N1CCNCC1)C(=O)c1ccc(Cl)cc1.O=C(O)C(F)(F)F. The molecule has 1 heterocycles. The van der Waals surface area contributed by atoms with E-state index in [1.54, 1.807) is 29.2 Å². The molecule has 7 nitrogen and oxygen atoms in total. The molecule has 0 bridgehead atoms. The highest BCUT2D eigenvalue weighted by Gasteiger charge is 2.38. The Bertz CT molecular complexity index is 721. The van der Waals surface area contributed by atoms with Crippen LogP contribution in [0.25, 0.3) is 0 Å². The Hall–Kier alpha value is -2.33. The number of halogens is 4. The van der Waals surface area contributed by atoms with Crippen LogP contribution in [0, 0.1) is 0 Å². The van der Waals surface area contributed by atoms with E-state index in [4.69, 9.17) is 21.5 Å². The monoisotopic (exact) mass is 451 g/mol. The van der Waals surface area contributed by atoms with Crippen molar-refractivity contribution in [2.45, 2.75) is 32.5 Å². The fourth-order valence-corrected chi connectivity index (χ4v) is 2.77. The van der Waals surface area contributed by atoms with Gasteiger partial charge in [-0.2, -0.15) is 13.2 Å². The molecular formula is C19H25ClF3N3O4. The van der Waals surface area contributed by atoms with Crippen LogP contribution in [0.5, 0.6) is 0 Å². The van der Waals surface area contributed by atoms with Crippen molar-refractivity contribution in [3.63, 3.8) is 0 Å². The maximum atomic E-state index is 12.6. The highest BCUT2D eigenvalue weighted by atomic mass is 35.5. The fourth-order valence-electron chi connectivity index (χ4n) is 2.64. The van der Waals surface area contributed by atoms with Gasteiger partial charge in [0.05, 0.1) is 0 Å². The summed E-state index contributed by atoms with van der Waals surface area (Å²) in [4.78, 5) is 37.4. The summed E-state index contributed by atoms with van der Waals surface area (Å²) in [5, 5.41) is 11.0. The summed E-state index contributed by atoms with van der Waals surface area (Å²) >= 11 is 5.87. The van der Waals surface area contributed by atoms with E-state index < -0.39 is 12.1 Å². The van der Waals surface area contributed by atoms with E-state index in [0.29, 0.717) is 23.6 Å². The minimum absolute atomic E-state index is 0.0361. The highest BCUT2D eigenvalue weighted by Crippen LogP contribution is 2.14. The lowest BCUT2D eigenvalue weighted by Gasteiger charge is -2.30. The first-order valence-electron chi connectivity index (χ1n) is 9.28. The lowest BCUT2D eigenvalue weighted by Crippen LogP contribution is -2.47. The van der Waals surface area contributed by atoms with Gasteiger partial charge in [-0.05, 0) is 38.1 Å². The molecule has 2 N–H and O–H groups in total. The Labute approximate surface area is 177 Å². The zero-order valence-electron chi connectivity index (χ0n) is 16.7. The first-order chi connectivity index (χ1) is 13.9. The number of nitrogens with one attached hydrogen (secondary N) is 1. The number of nitrogens with zero attached hydrogens (tertiary/aromatic N) is 2. The molecule has 0 atom stereocenters. The Morgan fingerprint density at radius 2 is 1.67 bits per heavy atom. The van der Waals surface area contributed by atoms with Crippen molar-refractivity contribution < 1.29 is 32.7 Å². The molecule has 1 aromatic carbocycles. The van der Waals surface area contributed by atoms with E-state index >= 15 is 0 Å². The lowest BCUT2D eigenvalue weighted by molar-refractivity contribution is -0.192. The normalized spacial score (nSPS) is 14.0. The van der Waals surface area contributed by atoms with E-state index in [9.17, 15) is 22.8 Å². The second kappa shape index (κ2) is 11.8. The van der Waals surface area contributed by atoms with Crippen LogP contribution in [0.2, 0.25) is 5.02 Å². The van der Waals surface area contributed by atoms with E-state index in [2.05, 4.69) is 5.32 Å². The number of carbonyl (C=O) groups is 3. The molecule has 0 unspecified atom stereocenters. The quantitative estimate of drug-likeness (QED) is 0.718. The van der Waals surface area contributed by atoms with Crippen LogP contribution >= 0.6 is 11.6 Å². The molecule has 0 radical (unpaired) electrons. The summed E-state index contributed by atoms with van der Waals surface area (Å²) in [6.45, 7) is 7.51. The number of alkyl halides is 3. The van der Waals surface area contributed by atoms with Crippen molar-refractivity contribution in [3.05, 3.63) is 34.9 Å². The number of hydrogen-bond acceptors (Lipinski definition) is 4. The summed E-state index contributed by atoms with van der Waals surface area (Å²) in [6, 6.07) is 6.89. The number of hydrogen-bond donors (Lipinski definition) is 2. The van der Waals surface area contributed by atoms with Gasteiger partial charge >= 0.3 is 12.1 Å². The first-order valence-corrected chi connectivity index (χ1v) is 9.66. The fraction of sp³-hybridized carbons (Fsp3) is 0.526. The highest BCUT2D eigenvalue weighted by molar-refractivity contribution is 6.30. The van der Waals surface area contributed by atoms with Gasteiger partial charge in [0.25, 0.3) is 5.91 Å². The number of amides is 2. The largest absolute Gasteiger partial charge is 0.490 e.